The Balaban J connectivity index is 3.02. The van der Waals surface area contributed by atoms with Crippen molar-refractivity contribution in [3.8, 4) is 0 Å². The Labute approximate surface area is 99.8 Å². The fourth-order valence-electron chi connectivity index (χ4n) is 1.80. The van der Waals surface area contributed by atoms with Crippen LogP contribution in [0.15, 0.2) is 0 Å². The van der Waals surface area contributed by atoms with Crippen molar-refractivity contribution in [3.63, 3.8) is 0 Å². The van der Waals surface area contributed by atoms with Crippen LogP contribution in [0.5, 0.6) is 0 Å². The zero-order chi connectivity index (χ0) is 12.3. The standard InChI is InChI=1S/C12H27O3P/c1-2-3-4-5-6-7-8-9-10-11-12-16(13,14)15/h2-12H2,1H3,(H2,13,14,15)/p-1. The van der Waals surface area contributed by atoms with E-state index in [0.717, 1.165) is 12.8 Å². The van der Waals surface area contributed by atoms with Gasteiger partial charge in [0.25, 0.3) is 0 Å². The molecule has 1 unspecified atom stereocenters. The molecule has 0 spiro atoms. The van der Waals surface area contributed by atoms with Crippen molar-refractivity contribution in [1.29, 1.82) is 0 Å². The Kier molecular flexibility index (Phi) is 10.4. The van der Waals surface area contributed by atoms with Gasteiger partial charge in [-0.15, -0.1) is 0 Å². The van der Waals surface area contributed by atoms with E-state index in [2.05, 4.69) is 6.92 Å². The maximum absolute atomic E-state index is 10.5. The maximum Gasteiger partial charge on any atom is 0.132 e. The second kappa shape index (κ2) is 10.3. The average Bonchev–Trinajstić information content (AvgIpc) is 2.19. The van der Waals surface area contributed by atoms with Gasteiger partial charge in [0.2, 0.25) is 0 Å². The highest BCUT2D eigenvalue weighted by molar-refractivity contribution is 7.50. The van der Waals surface area contributed by atoms with E-state index in [1.807, 2.05) is 0 Å². The minimum atomic E-state index is -3.99. The van der Waals surface area contributed by atoms with E-state index >= 15 is 0 Å². The molecule has 1 atom stereocenters. The highest BCUT2D eigenvalue weighted by Crippen LogP contribution is 2.30. The summed E-state index contributed by atoms with van der Waals surface area (Å²) in [6.45, 7) is 2.22. The quantitative estimate of drug-likeness (QED) is 0.450. The van der Waals surface area contributed by atoms with Crippen LogP contribution in [-0.4, -0.2) is 11.1 Å². The van der Waals surface area contributed by atoms with Gasteiger partial charge in [0.15, 0.2) is 0 Å². The molecule has 0 saturated carbocycles. The monoisotopic (exact) mass is 249 g/mol. The molecule has 1 N–H and O–H groups in total. The minimum absolute atomic E-state index is 0.0521. The van der Waals surface area contributed by atoms with Gasteiger partial charge in [-0.25, -0.2) is 0 Å². The fraction of sp³-hybridized carbons (Fsp3) is 1.00. The smallest absolute Gasteiger partial charge is 0.132 e. The van der Waals surface area contributed by atoms with E-state index in [4.69, 9.17) is 4.89 Å². The number of rotatable bonds is 11. The summed E-state index contributed by atoms with van der Waals surface area (Å²) in [5, 5.41) is 0. The Morgan fingerprint density at radius 2 is 1.25 bits per heavy atom. The molecule has 0 saturated heterocycles. The van der Waals surface area contributed by atoms with E-state index in [0.29, 0.717) is 6.42 Å². The Morgan fingerprint density at radius 3 is 1.62 bits per heavy atom. The largest absolute Gasteiger partial charge is 0.779 e. The summed E-state index contributed by atoms with van der Waals surface area (Å²) in [5.41, 5.74) is 0. The van der Waals surface area contributed by atoms with E-state index in [-0.39, 0.29) is 6.16 Å². The molecule has 0 aliphatic rings. The summed E-state index contributed by atoms with van der Waals surface area (Å²) in [6, 6.07) is 0. The van der Waals surface area contributed by atoms with Gasteiger partial charge in [0.05, 0.1) is 0 Å². The molecule has 0 amide bonds. The molecule has 0 aromatic heterocycles. The summed E-state index contributed by atoms with van der Waals surface area (Å²) >= 11 is 0. The van der Waals surface area contributed by atoms with Gasteiger partial charge in [-0.3, -0.25) is 0 Å². The zero-order valence-corrected chi connectivity index (χ0v) is 11.4. The highest BCUT2D eigenvalue weighted by atomic mass is 31.2. The summed E-state index contributed by atoms with van der Waals surface area (Å²) in [6.07, 6.45) is 11.6. The van der Waals surface area contributed by atoms with Crippen LogP contribution in [0.25, 0.3) is 0 Å². The maximum atomic E-state index is 10.5. The van der Waals surface area contributed by atoms with Crippen LogP contribution in [0.1, 0.15) is 71.1 Å². The van der Waals surface area contributed by atoms with Gasteiger partial charge >= 0.3 is 0 Å². The van der Waals surface area contributed by atoms with Gasteiger partial charge < -0.3 is 14.4 Å². The molecule has 16 heavy (non-hydrogen) atoms. The molecular weight excluding hydrogens is 223 g/mol. The van der Waals surface area contributed by atoms with Crippen LogP contribution in [0.2, 0.25) is 0 Å². The van der Waals surface area contributed by atoms with Crippen molar-refractivity contribution in [3.05, 3.63) is 0 Å². The fourth-order valence-corrected chi connectivity index (χ4v) is 2.42. The number of unbranched alkanes of at least 4 members (excludes halogenated alkanes) is 9. The summed E-state index contributed by atoms with van der Waals surface area (Å²) in [5.74, 6) is 0. The highest BCUT2D eigenvalue weighted by Gasteiger charge is 2.00. The van der Waals surface area contributed by atoms with Gasteiger partial charge in [0.1, 0.15) is 7.60 Å². The van der Waals surface area contributed by atoms with Crippen LogP contribution < -0.4 is 4.89 Å². The molecule has 3 nitrogen and oxygen atoms in total. The van der Waals surface area contributed by atoms with Crippen LogP contribution >= 0.6 is 7.60 Å². The van der Waals surface area contributed by atoms with E-state index in [9.17, 15) is 9.46 Å². The van der Waals surface area contributed by atoms with Gasteiger partial charge in [-0.1, -0.05) is 64.7 Å². The molecule has 4 heteroatoms. The van der Waals surface area contributed by atoms with Crippen LogP contribution in [0.3, 0.4) is 0 Å². The lowest BCUT2D eigenvalue weighted by Gasteiger charge is -2.14. The van der Waals surface area contributed by atoms with Crippen LogP contribution in [0.4, 0.5) is 0 Å². The van der Waals surface area contributed by atoms with Gasteiger partial charge in [0, 0.05) is 6.16 Å². The zero-order valence-electron chi connectivity index (χ0n) is 10.5. The summed E-state index contributed by atoms with van der Waals surface area (Å²) in [7, 11) is -3.99. The van der Waals surface area contributed by atoms with Crippen LogP contribution in [-0.2, 0) is 4.57 Å². The topological polar surface area (TPSA) is 60.4 Å². The Morgan fingerprint density at radius 1 is 0.875 bits per heavy atom. The van der Waals surface area contributed by atoms with E-state index in [1.165, 1.54) is 44.9 Å². The Bertz CT molecular complexity index is 189. The van der Waals surface area contributed by atoms with Crippen LogP contribution in [0, 0.1) is 0 Å². The normalized spacial score (nSPS) is 14.9. The summed E-state index contributed by atoms with van der Waals surface area (Å²) in [4.78, 5) is 19.0. The lowest BCUT2D eigenvalue weighted by Crippen LogP contribution is -2.03. The molecule has 0 aliphatic heterocycles. The average molecular weight is 249 g/mol. The van der Waals surface area contributed by atoms with Crippen molar-refractivity contribution >= 4 is 7.60 Å². The molecule has 0 fully saturated rings. The Hall–Kier alpha value is 0.150. The number of hydrogen-bond acceptors (Lipinski definition) is 2. The lowest BCUT2D eigenvalue weighted by atomic mass is 10.1. The predicted octanol–water partition coefficient (Wildman–Crippen LogP) is 3.45. The second-order valence-corrected chi connectivity index (χ2v) is 6.27. The van der Waals surface area contributed by atoms with E-state index < -0.39 is 7.60 Å². The molecule has 0 bridgehead atoms. The first-order valence-corrected chi connectivity index (χ1v) is 8.35. The predicted molar refractivity (Wildman–Crippen MR) is 66.5 cm³/mol. The SMILES string of the molecule is CCCCCCCCCCCCP(=O)([O-])O. The molecule has 0 rings (SSSR count). The van der Waals surface area contributed by atoms with Gasteiger partial charge in [-0.2, -0.15) is 0 Å². The third-order valence-corrected chi connectivity index (χ3v) is 3.68. The molecule has 0 aromatic carbocycles. The van der Waals surface area contributed by atoms with Crippen molar-refractivity contribution in [2.24, 2.45) is 0 Å². The second-order valence-electron chi connectivity index (χ2n) is 4.54. The first-order valence-electron chi connectivity index (χ1n) is 6.59. The van der Waals surface area contributed by atoms with E-state index in [1.54, 1.807) is 0 Å². The minimum Gasteiger partial charge on any atom is -0.779 e. The third-order valence-electron chi connectivity index (χ3n) is 2.79. The van der Waals surface area contributed by atoms with Crippen molar-refractivity contribution in [2.75, 3.05) is 6.16 Å². The lowest BCUT2D eigenvalue weighted by molar-refractivity contribution is -0.193. The van der Waals surface area contributed by atoms with Crippen molar-refractivity contribution in [2.45, 2.75) is 71.1 Å². The third kappa shape index (κ3) is 14.1. The van der Waals surface area contributed by atoms with Crippen molar-refractivity contribution in [1.82, 2.24) is 0 Å². The molecular formula is C12H26O3P-. The molecule has 0 radical (unpaired) electrons. The number of hydrogen-bond donors (Lipinski definition) is 1. The molecule has 0 aliphatic carbocycles. The molecule has 98 valence electrons. The van der Waals surface area contributed by atoms with Crippen molar-refractivity contribution < 1.29 is 14.4 Å². The molecule has 0 aromatic rings. The molecule has 0 heterocycles. The first-order chi connectivity index (χ1) is 7.56. The summed E-state index contributed by atoms with van der Waals surface area (Å²) < 4.78 is 10.5. The first kappa shape index (κ1) is 16.1. The van der Waals surface area contributed by atoms with Gasteiger partial charge in [-0.05, 0) is 6.42 Å².